The Morgan fingerprint density at radius 2 is 2.10 bits per heavy atom. The van der Waals surface area contributed by atoms with Gasteiger partial charge in [-0.2, -0.15) is 4.98 Å². The van der Waals surface area contributed by atoms with E-state index in [0.29, 0.717) is 0 Å². The Labute approximate surface area is 114 Å². The zero-order chi connectivity index (χ0) is 14.3. The first-order chi connectivity index (χ1) is 9.60. The standard InChI is InChI=1S/C12H14N4O4/c1-20-12-14-11(15-16-12)13-9(17)7-5-2-3-6(4-5)8(7)10(18)19/h2-3,5-8H,4H2,1H3,(H,18,19)(H2,13,14,15,16,17)/t5?,6?,7-,8+/m0/s1. The monoisotopic (exact) mass is 278 g/mol. The first-order valence-electron chi connectivity index (χ1n) is 6.28. The predicted octanol–water partition coefficient (Wildman–Crippen LogP) is 0.275. The number of amides is 1. The fourth-order valence-corrected chi connectivity index (χ4v) is 3.11. The second-order valence-electron chi connectivity index (χ2n) is 5.00. The van der Waals surface area contributed by atoms with Crippen LogP contribution in [0.2, 0.25) is 0 Å². The summed E-state index contributed by atoms with van der Waals surface area (Å²) in [4.78, 5) is 27.5. The van der Waals surface area contributed by atoms with Crippen molar-refractivity contribution in [3.63, 3.8) is 0 Å². The van der Waals surface area contributed by atoms with Crippen molar-refractivity contribution in [3.8, 4) is 6.01 Å². The molecule has 8 heteroatoms. The Morgan fingerprint density at radius 3 is 2.70 bits per heavy atom. The van der Waals surface area contributed by atoms with E-state index in [9.17, 15) is 14.7 Å². The quantitative estimate of drug-likeness (QED) is 0.681. The number of hydrogen-bond acceptors (Lipinski definition) is 5. The summed E-state index contributed by atoms with van der Waals surface area (Å²) in [5, 5.41) is 18.1. The van der Waals surface area contributed by atoms with Crippen molar-refractivity contribution >= 4 is 17.8 Å². The van der Waals surface area contributed by atoms with E-state index in [-0.39, 0.29) is 29.7 Å². The number of anilines is 1. The first kappa shape index (κ1) is 12.6. The van der Waals surface area contributed by atoms with Gasteiger partial charge in [0.1, 0.15) is 0 Å². The van der Waals surface area contributed by atoms with Crippen LogP contribution in [0.4, 0.5) is 5.95 Å². The van der Waals surface area contributed by atoms with Crippen LogP contribution in [-0.4, -0.2) is 39.3 Å². The smallest absolute Gasteiger partial charge is 0.336 e. The van der Waals surface area contributed by atoms with E-state index < -0.39 is 17.8 Å². The van der Waals surface area contributed by atoms with E-state index in [4.69, 9.17) is 4.74 Å². The molecular weight excluding hydrogens is 264 g/mol. The number of nitrogens with zero attached hydrogens (tertiary/aromatic N) is 2. The molecule has 0 radical (unpaired) electrons. The molecule has 1 amide bonds. The van der Waals surface area contributed by atoms with Gasteiger partial charge in [-0.15, -0.1) is 5.10 Å². The van der Waals surface area contributed by atoms with Gasteiger partial charge in [-0.3, -0.25) is 14.9 Å². The third kappa shape index (κ3) is 1.93. The van der Waals surface area contributed by atoms with E-state index >= 15 is 0 Å². The highest BCUT2D eigenvalue weighted by molar-refractivity contribution is 5.95. The minimum Gasteiger partial charge on any atom is -0.481 e. The van der Waals surface area contributed by atoms with Gasteiger partial charge in [0.2, 0.25) is 11.9 Å². The SMILES string of the molecule is COc1n[nH]c(NC(=O)[C@H]2C3C=CC(C3)[C@H]2C(=O)O)n1. The maximum Gasteiger partial charge on any atom is 0.336 e. The van der Waals surface area contributed by atoms with Gasteiger partial charge in [-0.1, -0.05) is 12.2 Å². The lowest BCUT2D eigenvalue weighted by Gasteiger charge is -2.23. The number of ether oxygens (including phenoxy) is 1. The number of H-pyrrole nitrogens is 1. The fraction of sp³-hybridized carbons (Fsp3) is 0.500. The van der Waals surface area contributed by atoms with E-state index in [2.05, 4.69) is 20.5 Å². The molecule has 2 unspecified atom stereocenters. The van der Waals surface area contributed by atoms with Gasteiger partial charge in [0.15, 0.2) is 0 Å². The zero-order valence-corrected chi connectivity index (χ0v) is 10.7. The fourth-order valence-electron chi connectivity index (χ4n) is 3.11. The van der Waals surface area contributed by atoms with Crippen molar-refractivity contribution in [3.05, 3.63) is 12.2 Å². The lowest BCUT2D eigenvalue weighted by molar-refractivity contribution is -0.146. The van der Waals surface area contributed by atoms with Gasteiger partial charge in [0.25, 0.3) is 0 Å². The number of methoxy groups -OCH3 is 1. The molecule has 1 saturated carbocycles. The van der Waals surface area contributed by atoms with Crippen molar-refractivity contribution in [2.45, 2.75) is 6.42 Å². The average Bonchev–Trinajstić information content (AvgIpc) is 3.12. The molecule has 2 bridgehead atoms. The summed E-state index contributed by atoms with van der Waals surface area (Å²) >= 11 is 0. The minimum absolute atomic E-state index is 0.0223. The molecule has 20 heavy (non-hydrogen) atoms. The average molecular weight is 278 g/mol. The Kier molecular flexibility index (Phi) is 2.92. The third-order valence-corrected chi connectivity index (χ3v) is 3.94. The number of aromatic amines is 1. The molecule has 0 aliphatic heterocycles. The van der Waals surface area contributed by atoms with Crippen LogP contribution in [0.5, 0.6) is 6.01 Å². The van der Waals surface area contributed by atoms with Crippen molar-refractivity contribution < 1.29 is 19.4 Å². The van der Waals surface area contributed by atoms with E-state index in [1.807, 2.05) is 12.2 Å². The Morgan fingerprint density at radius 1 is 1.40 bits per heavy atom. The van der Waals surface area contributed by atoms with Crippen molar-refractivity contribution in [2.24, 2.45) is 23.7 Å². The van der Waals surface area contributed by atoms with Gasteiger partial charge >= 0.3 is 12.0 Å². The number of rotatable bonds is 4. The maximum absolute atomic E-state index is 12.3. The number of carbonyl (C=O) groups excluding carboxylic acids is 1. The molecule has 0 aromatic carbocycles. The van der Waals surface area contributed by atoms with Crippen LogP contribution in [0.15, 0.2) is 12.2 Å². The summed E-state index contributed by atoms with van der Waals surface area (Å²) in [6, 6.07) is 0.114. The molecule has 1 heterocycles. The predicted molar refractivity (Wildman–Crippen MR) is 66.9 cm³/mol. The van der Waals surface area contributed by atoms with Crippen molar-refractivity contribution in [1.29, 1.82) is 0 Å². The largest absolute Gasteiger partial charge is 0.481 e. The number of hydrogen-bond donors (Lipinski definition) is 3. The van der Waals surface area contributed by atoms with Crippen LogP contribution in [0.25, 0.3) is 0 Å². The van der Waals surface area contributed by atoms with Gasteiger partial charge in [-0.05, 0) is 18.3 Å². The van der Waals surface area contributed by atoms with E-state index in [0.717, 1.165) is 6.42 Å². The number of allylic oxidation sites excluding steroid dienone is 2. The number of aliphatic carboxylic acids is 1. The summed E-state index contributed by atoms with van der Waals surface area (Å²) in [6.07, 6.45) is 4.54. The van der Waals surface area contributed by atoms with E-state index in [1.54, 1.807) is 0 Å². The summed E-state index contributed by atoms with van der Waals surface area (Å²) in [6.45, 7) is 0. The third-order valence-electron chi connectivity index (χ3n) is 3.94. The highest BCUT2D eigenvalue weighted by Gasteiger charge is 2.51. The van der Waals surface area contributed by atoms with Crippen molar-refractivity contribution in [1.82, 2.24) is 15.2 Å². The Bertz CT molecular complexity index is 582. The van der Waals surface area contributed by atoms with Crippen LogP contribution in [0.3, 0.4) is 0 Å². The highest BCUT2D eigenvalue weighted by Crippen LogP contribution is 2.48. The lowest BCUT2D eigenvalue weighted by Crippen LogP contribution is -2.36. The summed E-state index contributed by atoms with van der Waals surface area (Å²) in [7, 11) is 1.41. The molecule has 3 rings (SSSR count). The second-order valence-corrected chi connectivity index (χ2v) is 5.00. The number of carbonyl (C=O) groups is 2. The van der Waals surface area contributed by atoms with Crippen LogP contribution in [0, 0.1) is 23.7 Å². The van der Waals surface area contributed by atoms with Crippen LogP contribution in [-0.2, 0) is 9.59 Å². The maximum atomic E-state index is 12.3. The van der Waals surface area contributed by atoms with E-state index in [1.165, 1.54) is 7.11 Å². The molecule has 0 saturated heterocycles. The normalized spacial score (nSPS) is 30.4. The first-order valence-corrected chi connectivity index (χ1v) is 6.28. The number of nitrogens with one attached hydrogen (secondary N) is 2. The second kappa shape index (κ2) is 4.62. The molecule has 8 nitrogen and oxygen atoms in total. The van der Waals surface area contributed by atoms with Gasteiger partial charge in [0.05, 0.1) is 18.9 Å². The number of carboxylic acids is 1. The molecule has 3 N–H and O–H groups in total. The zero-order valence-electron chi connectivity index (χ0n) is 10.7. The molecule has 2 aliphatic rings. The summed E-state index contributed by atoms with van der Waals surface area (Å²) in [5.41, 5.74) is 0. The molecule has 1 aromatic rings. The topological polar surface area (TPSA) is 117 Å². The Hall–Kier alpha value is -2.38. The van der Waals surface area contributed by atoms with Crippen LogP contribution >= 0.6 is 0 Å². The Balaban J connectivity index is 1.76. The van der Waals surface area contributed by atoms with Crippen LogP contribution < -0.4 is 10.1 Å². The number of carboxylic acid groups (broad SMARTS) is 1. The van der Waals surface area contributed by atoms with Gasteiger partial charge < -0.3 is 9.84 Å². The molecule has 0 spiro atoms. The molecule has 2 aliphatic carbocycles. The number of aromatic nitrogens is 3. The number of fused-ring (bicyclic) bond motifs is 2. The molecule has 1 aromatic heterocycles. The molecule has 4 atom stereocenters. The molecular formula is C12H14N4O4. The van der Waals surface area contributed by atoms with Crippen LogP contribution in [0.1, 0.15) is 6.42 Å². The molecule has 106 valence electrons. The minimum atomic E-state index is -0.933. The van der Waals surface area contributed by atoms with Crippen molar-refractivity contribution in [2.75, 3.05) is 12.4 Å². The van der Waals surface area contributed by atoms with Gasteiger partial charge in [-0.25, -0.2) is 5.10 Å². The highest BCUT2D eigenvalue weighted by atomic mass is 16.5. The van der Waals surface area contributed by atoms with Gasteiger partial charge in [0, 0.05) is 0 Å². The molecule has 1 fully saturated rings. The summed E-state index contributed by atoms with van der Waals surface area (Å²) < 4.78 is 4.80. The lowest BCUT2D eigenvalue weighted by atomic mass is 9.82. The summed E-state index contributed by atoms with van der Waals surface area (Å²) in [5.74, 6) is -2.45.